The van der Waals surface area contributed by atoms with Gasteiger partial charge in [-0.1, -0.05) is 6.07 Å². The van der Waals surface area contributed by atoms with Crippen LogP contribution in [0.4, 0.5) is 0 Å². The Morgan fingerprint density at radius 3 is 3.00 bits per heavy atom. The number of amides is 1. The van der Waals surface area contributed by atoms with Gasteiger partial charge in [0.1, 0.15) is 11.1 Å². The average molecular weight is 303 g/mol. The van der Waals surface area contributed by atoms with E-state index in [2.05, 4.69) is 0 Å². The molecule has 4 rings (SSSR count). The molecule has 0 saturated carbocycles. The summed E-state index contributed by atoms with van der Waals surface area (Å²) < 4.78 is 16.1. The van der Waals surface area contributed by atoms with E-state index in [0.29, 0.717) is 12.3 Å². The number of carbonyl (C=O) groups is 1. The van der Waals surface area contributed by atoms with E-state index in [1.807, 2.05) is 35.2 Å². The maximum atomic E-state index is 12.1. The maximum absolute atomic E-state index is 12.1. The highest BCUT2D eigenvalue weighted by molar-refractivity contribution is 8.00. The smallest absolute Gasteiger partial charge is 0.234 e. The second kappa shape index (κ2) is 5.04. The van der Waals surface area contributed by atoms with Crippen molar-refractivity contribution in [2.75, 3.05) is 12.5 Å². The lowest BCUT2D eigenvalue weighted by atomic mass is 10.2. The van der Waals surface area contributed by atoms with Gasteiger partial charge in [-0.05, 0) is 29.8 Å². The molecule has 0 N–H and O–H groups in total. The number of hydrogen-bond acceptors (Lipinski definition) is 5. The number of hydrogen-bond donors (Lipinski definition) is 0. The molecule has 1 amide bonds. The average Bonchev–Trinajstić information content (AvgIpc) is 3.21. The van der Waals surface area contributed by atoms with Crippen LogP contribution in [0.1, 0.15) is 16.7 Å². The number of ether oxygens (including phenoxy) is 2. The summed E-state index contributed by atoms with van der Waals surface area (Å²) in [5.74, 6) is 2.89. The Bertz CT molecular complexity index is 670. The molecule has 0 bridgehead atoms. The zero-order valence-corrected chi connectivity index (χ0v) is 12.0. The Balaban J connectivity index is 1.62. The van der Waals surface area contributed by atoms with Crippen LogP contribution in [0.15, 0.2) is 41.0 Å². The SMILES string of the molecule is O=C1CSC(c2ccc3c(c2)OCO3)N1Cc1ccco1. The van der Waals surface area contributed by atoms with E-state index in [-0.39, 0.29) is 18.1 Å². The van der Waals surface area contributed by atoms with Crippen LogP contribution >= 0.6 is 11.8 Å². The van der Waals surface area contributed by atoms with Gasteiger partial charge in [0.15, 0.2) is 11.5 Å². The first-order valence-electron chi connectivity index (χ1n) is 6.64. The molecule has 6 heteroatoms. The third kappa shape index (κ3) is 2.25. The number of carbonyl (C=O) groups excluding carboxylic acids is 1. The first-order valence-corrected chi connectivity index (χ1v) is 7.69. The standard InChI is InChI=1S/C15H13NO4S/c17-14-8-21-15(16(14)7-11-2-1-5-18-11)10-3-4-12-13(6-10)20-9-19-12/h1-6,15H,7-9H2. The van der Waals surface area contributed by atoms with E-state index in [1.165, 1.54) is 0 Å². The van der Waals surface area contributed by atoms with Crippen LogP contribution in [-0.4, -0.2) is 23.4 Å². The topological polar surface area (TPSA) is 51.9 Å². The van der Waals surface area contributed by atoms with Gasteiger partial charge in [0.05, 0.1) is 18.6 Å². The number of fused-ring (bicyclic) bond motifs is 1. The Hall–Kier alpha value is -2.08. The van der Waals surface area contributed by atoms with Crippen molar-refractivity contribution < 1.29 is 18.7 Å². The normalized spacial score (nSPS) is 20.3. The van der Waals surface area contributed by atoms with E-state index in [1.54, 1.807) is 18.0 Å². The Labute approximate surface area is 125 Å². The molecular formula is C15H13NO4S. The minimum atomic E-state index is -0.0166. The van der Waals surface area contributed by atoms with E-state index in [9.17, 15) is 4.79 Å². The zero-order chi connectivity index (χ0) is 14.2. The summed E-state index contributed by atoms with van der Waals surface area (Å²) in [7, 11) is 0. The molecule has 0 radical (unpaired) electrons. The zero-order valence-electron chi connectivity index (χ0n) is 11.2. The summed E-state index contributed by atoms with van der Waals surface area (Å²) in [4.78, 5) is 14.0. The van der Waals surface area contributed by atoms with Gasteiger partial charge in [-0.15, -0.1) is 11.8 Å². The first-order chi connectivity index (χ1) is 10.3. The minimum absolute atomic E-state index is 0.0166. The molecule has 0 aliphatic carbocycles. The minimum Gasteiger partial charge on any atom is -0.467 e. The predicted octanol–water partition coefficient (Wildman–Crippen LogP) is 2.78. The van der Waals surface area contributed by atoms with Gasteiger partial charge in [0.2, 0.25) is 12.7 Å². The van der Waals surface area contributed by atoms with Crippen LogP contribution in [0.2, 0.25) is 0 Å². The number of furan rings is 1. The predicted molar refractivity (Wildman–Crippen MR) is 77.0 cm³/mol. The number of rotatable bonds is 3. The second-order valence-electron chi connectivity index (χ2n) is 4.88. The highest BCUT2D eigenvalue weighted by atomic mass is 32.2. The lowest BCUT2D eigenvalue weighted by Gasteiger charge is -2.23. The third-order valence-corrected chi connectivity index (χ3v) is 4.81. The lowest BCUT2D eigenvalue weighted by Crippen LogP contribution is -2.27. The maximum Gasteiger partial charge on any atom is 0.234 e. The molecule has 0 spiro atoms. The van der Waals surface area contributed by atoms with Gasteiger partial charge in [-0.3, -0.25) is 4.79 Å². The molecule has 1 unspecified atom stereocenters. The molecule has 21 heavy (non-hydrogen) atoms. The van der Waals surface area contributed by atoms with Crippen molar-refractivity contribution in [1.29, 1.82) is 0 Å². The van der Waals surface area contributed by atoms with Crippen molar-refractivity contribution in [3.05, 3.63) is 47.9 Å². The molecule has 2 aliphatic rings. The van der Waals surface area contributed by atoms with Crippen LogP contribution in [0, 0.1) is 0 Å². The molecule has 3 heterocycles. The molecule has 2 aliphatic heterocycles. The summed E-state index contributed by atoms with van der Waals surface area (Å²) >= 11 is 1.62. The molecule has 1 aromatic heterocycles. The Morgan fingerprint density at radius 1 is 1.24 bits per heavy atom. The number of thioether (sulfide) groups is 1. The van der Waals surface area contributed by atoms with Gasteiger partial charge in [0.25, 0.3) is 0 Å². The number of benzene rings is 1. The van der Waals surface area contributed by atoms with Crippen LogP contribution in [0.25, 0.3) is 0 Å². The van der Waals surface area contributed by atoms with Crippen molar-refractivity contribution in [1.82, 2.24) is 4.90 Å². The third-order valence-electron chi connectivity index (χ3n) is 3.56. The Morgan fingerprint density at radius 2 is 2.14 bits per heavy atom. The van der Waals surface area contributed by atoms with E-state index < -0.39 is 0 Å². The molecule has 108 valence electrons. The molecule has 1 saturated heterocycles. The monoisotopic (exact) mass is 303 g/mol. The van der Waals surface area contributed by atoms with Crippen molar-refractivity contribution in [2.45, 2.75) is 11.9 Å². The van der Waals surface area contributed by atoms with Gasteiger partial charge in [-0.25, -0.2) is 0 Å². The fourth-order valence-corrected chi connectivity index (χ4v) is 3.72. The van der Waals surface area contributed by atoms with Gasteiger partial charge in [-0.2, -0.15) is 0 Å². The highest BCUT2D eigenvalue weighted by Gasteiger charge is 2.34. The van der Waals surface area contributed by atoms with Crippen molar-refractivity contribution in [3.63, 3.8) is 0 Å². The molecule has 1 atom stereocenters. The van der Waals surface area contributed by atoms with Gasteiger partial charge >= 0.3 is 0 Å². The largest absolute Gasteiger partial charge is 0.467 e. The van der Waals surface area contributed by atoms with Crippen LogP contribution < -0.4 is 9.47 Å². The fourth-order valence-electron chi connectivity index (χ4n) is 2.54. The van der Waals surface area contributed by atoms with Gasteiger partial charge in [0, 0.05) is 0 Å². The van der Waals surface area contributed by atoms with Crippen molar-refractivity contribution >= 4 is 17.7 Å². The molecule has 2 aromatic rings. The molecular weight excluding hydrogens is 290 g/mol. The van der Waals surface area contributed by atoms with Gasteiger partial charge < -0.3 is 18.8 Å². The van der Waals surface area contributed by atoms with Crippen LogP contribution in [0.3, 0.4) is 0 Å². The number of nitrogens with zero attached hydrogens (tertiary/aromatic N) is 1. The van der Waals surface area contributed by atoms with Crippen LogP contribution in [-0.2, 0) is 11.3 Å². The summed E-state index contributed by atoms with van der Waals surface area (Å²) in [5.41, 5.74) is 1.04. The van der Waals surface area contributed by atoms with Crippen molar-refractivity contribution in [3.8, 4) is 11.5 Å². The first kappa shape index (κ1) is 12.6. The van der Waals surface area contributed by atoms with E-state index in [4.69, 9.17) is 13.9 Å². The summed E-state index contributed by atoms with van der Waals surface area (Å²) in [5, 5.41) is -0.0166. The summed E-state index contributed by atoms with van der Waals surface area (Å²) in [6.45, 7) is 0.740. The summed E-state index contributed by atoms with van der Waals surface area (Å²) in [6, 6.07) is 9.55. The quantitative estimate of drug-likeness (QED) is 0.872. The van der Waals surface area contributed by atoms with Crippen molar-refractivity contribution in [2.24, 2.45) is 0 Å². The van der Waals surface area contributed by atoms with E-state index >= 15 is 0 Å². The van der Waals surface area contributed by atoms with E-state index in [0.717, 1.165) is 22.8 Å². The molecule has 5 nitrogen and oxygen atoms in total. The second-order valence-corrected chi connectivity index (χ2v) is 5.95. The summed E-state index contributed by atoms with van der Waals surface area (Å²) in [6.07, 6.45) is 1.62. The fraction of sp³-hybridized carbons (Fsp3) is 0.267. The lowest BCUT2D eigenvalue weighted by molar-refractivity contribution is -0.128. The highest BCUT2D eigenvalue weighted by Crippen LogP contribution is 2.43. The Kier molecular flexibility index (Phi) is 3.03. The van der Waals surface area contributed by atoms with Crippen LogP contribution in [0.5, 0.6) is 11.5 Å². The molecule has 1 aromatic carbocycles. The molecule has 1 fully saturated rings.